The zero-order valence-corrected chi connectivity index (χ0v) is 21.4. The van der Waals surface area contributed by atoms with E-state index >= 15 is 0 Å². The number of aromatic nitrogens is 1. The Morgan fingerprint density at radius 1 is 0.550 bits per heavy atom. The maximum absolute atomic E-state index is 9.43. The Bertz CT molecular complexity index is 2460. The molecule has 1 aliphatic heterocycles. The fourth-order valence-corrected chi connectivity index (χ4v) is 6.30. The second-order valence-corrected chi connectivity index (χ2v) is 10.3. The van der Waals surface area contributed by atoms with Crippen LogP contribution in [-0.4, -0.2) is 4.57 Å². The highest BCUT2D eigenvalue weighted by molar-refractivity contribution is 6.19. The molecule has 0 fully saturated rings. The van der Waals surface area contributed by atoms with Crippen LogP contribution in [0.4, 0.5) is 0 Å². The van der Waals surface area contributed by atoms with E-state index in [1.165, 1.54) is 5.39 Å². The first-order chi connectivity index (χ1) is 21.1. The molecule has 40 heavy (non-hydrogen) atoms. The fraction of sp³-hybridized carbons (Fsp3) is 0. The average Bonchev–Trinajstić information content (AvgIpc) is 3.38. The van der Waals surface area contributed by atoms with Gasteiger partial charge in [0.05, 0.1) is 15.1 Å². The minimum absolute atomic E-state index is 0.00750. The lowest BCUT2D eigenvalue weighted by Crippen LogP contribution is -1.97. The van der Waals surface area contributed by atoms with Crippen molar-refractivity contribution in [1.82, 2.24) is 4.57 Å². The Morgan fingerprint density at radius 3 is 2.30 bits per heavy atom. The molecule has 2 nitrogen and oxygen atoms in total. The van der Waals surface area contributed by atoms with E-state index < -0.39 is 0 Å². The highest BCUT2D eigenvalue weighted by Crippen LogP contribution is 2.48. The van der Waals surface area contributed by atoms with Gasteiger partial charge in [0.15, 0.2) is 0 Å². The largest absolute Gasteiger partial charge is 0.456 e. The molecular weight excluding hydrogens is 486 g/mol. The number of ether oxygens (including phenoxy) is 1. The third-order valence-electron chi connectivity index (χ3n) is 8.08. The summed E-state index contributed by atoms with van der Waals surface area (Å²) in [5, 5.41) is 6.42. The summed E-state index contributed by atoms with van der Waals surface area (Å²) in [7, 11) is 0. The van der Waals surface area contributed by atoms with E-state index in [0.29, 0.717) is 16.9 Å². The van der Waals surface area contributed by atoms with Gasteiger partial charge in [-0.3, -0.25) is 0 Å². The SMILES string of the molecule is [2H]c1c([2H])c(-c2ccc3c(c2)c2ccc4ccccc4c2n3-c2ccccc2)c([2H])c2c1Oc1cccc3cccc-2c13. The van der Waals surface area contributed by atoms with Crippen molar-refractivity contribution in [2.45, 2.75) is 0 Å². The van der Waals surface area contributed by atoms with Crippen molar-refractivity contribution >= 4 is 43.4 Å². The van der Waals surface area contributed by atoms with Gasteiger partial charge >= 0.3 is 0 Å². The summed E-state index contributed by atoms with van der Waals surface area (Å²) in [6, 6.07) is 41.3. The van der Waals surface area contributed by atoms with Crippen molar-refractivity contribution in [3.05, 3.63) is 139 Å². The molecule has 1 aliphatic rings. The van der Waals surface area contributed by atoms with Crippen molar-refractivity contribution in [1.29, 1.82) is 0 Å². The lowest BCUT2D eigenvalue weighted by atomic mass is 9.92. The van der Waals surface area contributed by atoms with Crippen LogP contribution in [0.3, 0.4) is 0 Å². The van der Waals surface area contributed by atoms with E-state index in [2.05, 4.69) is 77.4 Å². The van der Waals surface area contributed by atoms with Crippen LogP contribution in [-0.2, 0) is 0 Å². The smallest absolute Gasteiger partial charge is 0.135 e. The van der Waals surface area contributed by atoms with Gasteiger partial charge in [-0.15, -0.1) is 0 Å². The second kappa shape index (κ2) is 8.08. The Kier molecular flexibility index (Phi) is 3.80. The summed E-state index contributed by atoms with van der Waals surface area (Å²) in [5.41, 5.74) is 5.85. The van der Waals surface area contributed by atoms with Crippen LogP contribution in [0.15, 0.2) is 139 Å². The lowest BCUT2D eigenvalue weighted by molar-refractivity contribution is 0.487. The molecule has 1 aromatic heterocycles. The van der Waals surface area contributed by atoms with Gasteiger partial charge in [-0.1, -0.05) is 97.0 Å². The van der Waals surface area contributed by atoms with Gasteiger partial charge in [-0.05, 0) is 69.9 Å². The van der Waals surface area contributed by atoms with Gasteiger partial charge in [0, 0.05) is 32.8 Å². The fourth-order valence-electron chi connectivity index (χ4n) is 6.30. The van der Waals surface area contributed by atoms with E-state index in [-0.39, 0.29) is 23.9 Å². The minimum Gasteiger partial charge on any atom is -0.456 e. The van der Waals surface area contributed by atoms with E-state index in [1.54, 1.807) is 0 Å². The normalized spacial score (nSPS) is 13.2. The Balaban J connectivity index is 1.36. The summed E-state index contributed by atoms with van der Waals surface area (Å²) in [5.74, 6) is 0.932. The monoisotopic (exact) mass is 512 g/mol. The van der Waals surface area contributed by atoms with Gasteiger partial charge in [0.2, 0.25) is 0 Å². The number of benzene rings is 7. The molecule has 0 saturated heterocycles. The molecule has 0 atom stereocenters. The van der Waals surface area contributed by atoms with Crippen molar-refractivity contribution < 1.29 is 8.85 Å². The standard InChI is InChI=1S/C38H23NO/c1-2-11-28(12-3-1)39-34-20-17-26(22-32(34)31-19-16-24-8-4-5-13-29(24)38(31)39)27-18-21-35-33(23-27)30-14-6-9-25-10-7-15-36(40-35)37(25)30/h1-23H/i18D,21D,23D. The summed E-state index contributed by atoms with van der Waals surface area (Å²) in [4.78, 5) is 0. The molecule has 186 valence electrons. The number of hydrogen-bond acceptors (Lipinski definition) is 1. The molecule has 9 rings (SSSR count). The molecule has 7 aromatic carbocycles. The van der Waals surface area contributed by atoms with Crippen LogP contribution in [0.5, 0.6) is 11.5 Å². The van der Waals surface area contributed by atoms with Crippen LogP contribution in [0, 0.1) is 0 Å². The van der Waals surface area contributed by atoms with Crippen molar-refractivity contribution in [3.63, 3.8) is 0 Å². The lowest BCUT2D eigenvalue weighted by Gasteiger charge is -2.22. The molecule has 0 amide bonds. The maximum Gasteiger partial charge on any atom is 0.135 e. The van der Waals surface area contributed by atoms with Crippen LogP contribution < -0.4 is 4.74 Å². The first-order valence-electron chi connectivity index (χ1n) is 15.0. The van der Waals surface area contributed by atoms with Crippen molar-refractivity contribution in [2.24, 2.45) is 0 Å². The topological polar surface area (TPSA) is 14.2 Å². The number of fused-ring (bicyclic) bond motifs is 7. The Labute approximate surface area is 235 Å². The number of nitrogens with zero attached hydrogens (tertiary/aromatic N) is 1. The zero-order valence-electron chi connectivity index (χ0n) is 24.4. The molecule has 2 heterocycles. The highest BCUT2D eigenvalue weighted by Gasteiger charge is 2.21. The molecule has 0 N–H and O–H groups in total. The summed E-state index contributed by atoms with van der Waals surface area (Å²) in [6.07, 6.45) is 0. The predicted octanol–water partition coefficient (Wildman–Crippen LogP) is 10.5. The average molecular weight is 513 g/mol. The van der Waals surface area contributed by atoms with Gasteiger partial charge in [-0.25, -0.2) is 0 Å². The van der Waals surface area contributed by atoms with Gasteiger partial charge in [0.1, 0.15) is 11.5 Å². The molecular formula is C38H23NO. The Hall–Kier alpha value is -5.34. The van der Waals surface area contributed by atoms with Gasteiger partial charge in [0.25, 0.3) is 0 Å². The van der Waals surface area contributed by atoms with Crippen LogP contribution in [0.2, 0.25) is 0 Å². The Morgan fingerprint density at radius 2 is 1.38 bits per heavy atom. The molecule has 0 radical (unpaired) electrons. The number of rotatable bonds is 2. The van der Waals surface area contributed by atoms with Gasteiger partial charge < -0.3 is 9.30 Å². The first-order valence-corrected chi connectivity index (χ1v) is 13.5. The maximum atomic E-state index is 9.43. The van der Waals surface area contributed by atoms with Crippen LogP contribution >= 0.6 is 0 Å². The molecule has 2 heteroatoms. The van der Waals surface area contributed by atoms with Gasteiger partial charge in [-0.2, -0.15) is 0 Å². The minimum atomic E-state index is -0.00897. The summed E-state index contributed by atoms with van der Waals surface area (Å²) in [6.45, 7) is 0. The van der Waals surface area contributed by atoms with E-state index in [4.69, 9.17) is 7.48 Å². The quantitative estimate of drug-likeness (QED) is 0.225. The molecule has 0 unspecified atom stereocenters. The van der Waals surface area contributed by atoms with E-state index in [9.17, 15) is 1.37 Å². The summed E-state index contributed by atoms with van der Waals surface area (Å²) >= 11 is 0. The summed E-state index contributed by atoms with van der Waals surface area (Å²) < 4.78 is 36.0. The van der Waals surface area contributed by atoms with Crippen molar-refractivity contribution in [2.75, 3.05) is 0 Å². The van der Waals surface area contributed by atoms with E-state index in [1.807, 2.05) is 48.5 Å². The molecule has 0 bridgehead atoms. The van der Waals surface area contributed by atoms with Crippen LogP contribution in [0.25, 0.3) is 71.3 Å². The zero-order chi connectivity index (χ0) is 28.8. The third kappa shape index (κ3) is 2.99. The highest BCUT2D eigenvalue weighted by atomic mass is 16.5. The van der Waals surface area contributed by atoms with Crippen molar-refractivity contribution in [3.8, 4) is 39.4 Å². The second-order valence-electron chi connectivity index (χ2n) is 10.3. The predicted molar refractivity (Wildman–Crippen MR) is 167 cm³/mol. The van der Waals surface area contributed by atoms with Crippen LogP contribution in [0.1, 0.15) is 4.11 Å². The molecule has 0 aliphatic carbocycles. The third-order valence-corrected chi connectivity index (χ3v) is 8.08. The molecule has 0 spiro atoms. The first kappa shape index (κ1) is 18.8. The number of hydrogen-bond donors (Lipinski definition) is 0. The molecule has 0 saturated carbocycles. The van der Waals surface area contributed by atoms with E-state index in [0.717, 1.165) is 54.8 Å². The number of para-hydroxylation sites is 1. The molecule has 8 aromatic rings.